The minimum atomic E-state index is -0.0746. The van der Waals surface area contributed by atoms with Gasteiger partial charge in [-0.3, -0.25) is 9.67 Å². The number of nitrogens with one attached hydrogen (secondary N) is 1. The molecule has 0 radical (unpaired) electrons. The number of hydrogen-bond donors (Lipinski definition) is 2. The zero-order valence-electron chi connectivity index (χ0n) is 15.9. The van der Waals surface area contributed by atoms with Crippen LogP contribution in [0.2, 0.25) is 5.02 Å². The van der Waals surface area contributed by atoms with Crippen LogP contribution in [0.4, 0.5) is 5.69 Å². The molecule has 6 nitrogen and oxygen atoms in total. The Bertz CT molecular complexity index is 890. The van der Waals surface area contributed by atoms with E-state index < -0.39 is 0 Å². The molecule has 28 heavy (non-hydrogen) atoms. The summed E-state index contributed by atoms with van der Waals surface area (Å²) in [6, 6.07) is 17.1. The maximum atomic E-state index is 6.09. The van der Waals surface area contributed by atoms with Crippen molar-refractivity contribution < 1.29 is 4.74 Å². The monoisotopic (exact) mass is 397 g/mol. The first-order valence-electron chi connectivity index (χ1n) is 9.09. The summed E-state index contributed by atoms with van der Waals surface area (Å²) in [6.07, 6.45) is 3.79. The Kier molecular flexibility index (Phi) is 6.55. The lowest BCUT2D eigenvalue weighted by Crippen LogP contribution is -2.25. The molecule has 0 aliphatic carbocycles. The van der Waals surface area contributed by atoms with Crippen LogP contribution in [0.1, 0.15) is 25.5 Å². The van der Waals surface area contributed by atoms with Crippen molar-refractivity contribution in [3.63, 3.8) is 0 Å². The van der Waals surface area contributed by atoms with E-state index >= 15 is 0 Å². The summed E-state index contributed by atoms with van der Waals surface area (Å²) in [5, 5.41) is 8.15. The second kappa shape index (κ2) is 9.28. The molecule has 0 saturated carbocycles. The van der Waals surface area contributed by atoms with Crippen molar-refractivity contribution in [2.24, 2.45) is 10.7 Å². The predicted octanol–water partition coefficient (Wildman–Crippen LogP) is 4.34. The Morgan fingerprint density at radius 3 is 2.50 bits per heavy atom. The summed E-state index contributed by atoms with van der Waals surface area (Å²) in [5.74, 6) is 1.15. The summed E-state index contributed by atoms with van der Waals surface area (Å²) in [7, 11) is 0. The van der Waals surface area contributed by atoms with E-state index in [2.05, 4.69) is 15.4 Å². The van der Waals surface area contributed by atoms with Crippen LogP contribution in [0.15, 0.2) is 72.0 Å². The lowest BCUT2D eigenvalue weighted by atomic mass is 10.1. The highest BCUT2D eigenvalue weighted by Gasteiger charge is 2.14. The summed E-state index contributed by atoms with van der Waals surface area (Å²) >= 11 is 6.01. The number of aromatic nitrogens is 2. The van der Waals surface area contributed by atoms with Crippen molar-refractivity contribution in [1.82, 2.24) is 9.78 Å². The van der Waals surface area contributed by atoms with E-state index in [1.807, 2.05) is 79.3 Å². The quantitative estimate of drug-likeness (QED) is 0.459. The molecule has 1 atom stereocenters. The van der Waals surface area contributed by atoms with E-state index in [0.29, 0.717) is 17.5 Å². The van der Waals surface area contributed by atoms with Crippen LogP contribution < -0.4 is 15.8 Å². The van der Waals surface area contributed by atoms with E-state index in [9.17, 15) is 0 Å². The lowest BCUT2D eigenvalue weighted by molar-refractivity contribution is 0.242. The number of nitrogens with two attached hydrogens (primary N) is 1. The third-order valence-corrected chi connectivity index (χ3v) is 4.28. The van der Waals surface area contributed by atoms with Gasteiger partial charge < -0.3 is 15.8 Å². The molecule has 1 aromatic heterocycles. The van der Waals surface area contributed by atoms with E-state index in [0.717, 1.165) is 17.0 Å². The molecule has 0 fully saturated rings. The van der Waals surface area contributed by atoms with Crippen LogP contribution in [0.3, 0.4) is 0 Å². The average Bonchev–Trinajstić information content (AvgIpc) is 3.19. The summed E-state index contributed by atoms with van der Waals surface area (Å²) in [6.45, 7) is 4.43. The number of anilines is 1. The van der Waals surface area contributed by atoms with Gasteiger partial charge in [0.25, 0.3) is 0 Å². The molecule has 0 spiro atoms. The minimum absolute atomic E-state index is 0.0746. The van der Waals surface area contributed by atoms with Gasteiger partial charge in [-0.25, -0.2) is 0 Å². The fourth-order valence-corrected chi connectivity index (χ4v) is 2.88. The molecule has 3 rings (SSSR count). The van der Waals surface area contributed by atoms with Crippen molar-refractivity contribution in [1.29, 1.82) is 0 Å². The molecule has 0 saturated heterocycles. The van der Waals surface area contributed by atoms with Crippen molar-refractivity contribution in [3.05, 3.63) is 77.6 Å². The van der Waals surface area contributed by atoms with Crippen LogP contribution in [0.25, 0.3) is 0 Å². The zero-order valence-corrected chi connectivity index (χ0v) is 16.7. The molecular formula is C21H24ClN5O. The smallest absolute Gasteiger partial charge is 0.193 e. The first-order chi connectivity index (χ1) is 13.5. The van der Waals surface area contributed by atoms with Crippen molar-refractivity contribution in [2.45, 2.75) is 26.0 Å². The van der Waals surface area contributed by atoms with E-state index in [4.69, 9.17) is 22.1 Å². The molecule has 0 aliphatic heterocycles. The number of hydrogen-bond acceptors (Lipinski definition) is 3. The highest BCUT2D eigenvalue weighted by molar-refractivity contribution is 6.30. The SMILES string of the molecule is CC(C)Oc1ccc(NC(N)=NCC(c2ccc(Cl)cc2)n2cccn2)cc1. The van der Waals surface area contributed by atoms with Gasteiger partial charge in [-0.05, 0) is 61.9 Å². The molecule has 3 N–H and O–H groups in total. The highest BCUT2D eigenvalue weighted by atomic mass is 35.5. The third kappa shape index (κ3) is 5.50. The minimum Gasteiger partial charge on any atom is -0.491 e. The number of ether oxygens (including phenoxy) is 1. The van der Waals surface area contributed by atoms with E-state index in [1.54, 1.807) is 6.20 Å². The van der Waals surface area contributed by atoms with Gasteiger partial charge in [0, 0.05) is 23.1 Å². The fourth-order valence-electron chi connectivity index (χ4n) is 2.75. The summed E-state index contributed by atoms with van der Waals surface area (Å²) < 4.78 is 7.50. The second-order valence-electron chi connectivity index (χ2n) is 6.60. The Labute approximate surface area is 170 Å². The second-order valence-corrected chi connectivity index (χ2v) is 7.03. The molecule has 1 heterocycles. The molecule has 1 unspecified atom stereocenters. The van der Waals surface area contributed by atoms with Crippen LogP contribution in [-0.4, -0.2) is 28.4 Å². The number of nitrogens with zero attached hydrogens (tertiary/aromatic N) is 3. The van der Waals surface area contributed by atoms with Gasteiger partial charge in [0.05, 0.1) is 18.7 Å². The Morgan fingerprint density at radius 2 is 1.89 bits per heavy atom. The van der Waals surface area contributed by atoms with Gasteiger partial charge in [0.1, 0.15) is 5.75 Å². The van der Waals surface area contributed by atoms with Crippen molar-refractivity contribution >= 4 is 23.2 Å². The average molecular weight is 398 g/mol. The lowest BCUT2D eigenvalue weighted by Gasteiger charge is -2.17. The van der Waals surface area contributed by atoms with E-state index in [1.165, 1.54) is 0 Å². The molecule has 0 aliphatic rings. The maximum absolute atomic E-state index is 6.09. The van der Waals surface area contributed by atoms with Gasteiger partial charge in [0.15, 0.2) is 5.96 Å². The number of benzene rings is 2. The Balaban J connectivity index is 1.69. The fraction of sp³-hybridized carbons (Fsp3) is 0.238. The molecule has 7 heteroatoms. The number of aliphatic imine (C=N–C) groups is 1. The zero-order chi connectivity index (χ0) is 19.9. The predicted molar refractivity (Wildman–Crippen MR) is 114 cm³/mol. The molecule has 2 aromatic carbocycles. The standard InChI is InChI=1S/C21H24ClN5O/c1-15(2)28-19-10-8-18(9-11-19)26-21(23)24-14-20(27-13-3-12-25-27)16-4-6-17(22)7-5-16/h3-13,15,20H,14H2,1-2H3,(H3,23,24,26). The Morgan fingerprint density at radius 1 is 1.18 bits per heavy atom. The van der Waals surface area contributed by atoms with Gasteiger partial charge in [-0.15, -0.1) is 0 Å². The maximum Gasteiger partial charge on any atom is 0.193 e. The number of halogens is 1. The topological polar surface area (TPSA) is 77.5 Å². The summed E-state index contributed by atoms with van der Waals surface area (Å²) in [5.41, 5.74) is 7.99. The van der Waals surface area contributed by atoms with Crippen molar-refractivity contribution in [2.75, 3.05) is 11.9 Å². The first-order valence-corrected chi connectivity index (χ1v) is 9.47. The van der Waals surface area contributed by atoms with Gasteiger partial charge >= 0.3 is 0 Å². The number of guanidine groups is 1. The summed E-state index contributed by atoms with van der Waals surface area (Å²) in [4.78, 5) is 4.50. The van der Waals surface area contributed by atoms with Gasteiger partial charge in [-0.1, -0.05) is 23.7 Å². The third-order valence-electron chi connectivity index (χ3n) is 4.03. The van der Waals surface area contributed by atoms with Gasteiger partial charge in [-0.2, -0.15) is 5.10 Å². The first kappa shape index (κ1) is 19.8. The molecule has 0 amide bonds. The molecule has 0 bridgehead atoms. The van der Waals surface area contributed by atoms with Crippen LogP contribution in [-0.2, 0) is 0 Å². The molecule has 3 aromatic rings. The van der Waals surface area contributed by atoms with Crippen LogP contribution >= 0.6 is 11.6 Å². The Hall–Kier alpha value is -2.99. The molecule has 146 valence electrons. The van der Waals surface area contributed by atoms with Crippen LogP contribution in [0.5, 0.6) is 5.75 Å². The molecular weight excluding hydrogens is 374 g/mol. The van der Waals surface area contributed by atoms with E-state index in [-0.39, 0.29) is 12.1 Å². The van der Waals surface area contributed by atoms with Crippen molar-refractivity contribution in [3.8, 4) is 5.75 Å². The van der Waals surface area contributed by atoms with Gasteiger partial charge in [0.2, 0.25) is 0 Å². The van der Waals surface area contributed by atoms with Crippen LogP contribution in [0, 0.1) is 0 Å². The highest BCUT2D eigenvalue weighted by Crippen LogP contribution is 2.21. The number of rotatable bonds is 7. The normalized spacial score (nSPS) is 12.8. The largest absolute Gasteiger partial charge is 0.491 e.